The molecule has 0 unspecified atom stereocenters. The van der Waals surface area contributed by atoms with Crippen molar-refractivity contribution in [3.05, 3.63) is 77.6 Å². The SMILES string of the molecule is Cc1noc(C)c1NC(=O)c1cc2nc(N(C)Cc3ccccc3)cc(-c3cn[nH]c3)n2n1. The molecule has 0 radical (unpaired) electrons. The molecule has 0 aliphatic carbocycles. The molecule has 0 saturated carbocycles. The van der Waals surface area contributed by atoms with Gasteiger partial charge in [0.1, 0.15) is 17.2 Å². The fourth-order valence-electron chi connectivity index (χ4n) is 3.64. The number of nitrogens with one attached hydrogen (secondary N) is 2. The lowest BCUT2D eigenvalue weighted by molar-refractivity contribution is 0.102. The summed E-state index contributed by atoms with van der Waals surface area (Å²) in [5, 5.41) is 18.1. The van der Waals surface area contributed by atoms with E-state index in [0.717, 1.165) is 17.1 Å². The number of carbonyl (C=O) groups is 1. The summed E-state index contributed by atoms with van der Waals surface area (Å²) < 4.78 is 6.78. The summed E-state index contributed by atoms with van der Waals surface area (Å²) in [6.07, 6.45) is 3.49. The minimum atomic E-state index is -0.368. The summed E-state index contributed by atoms with van der Waals surface area (Å²) in [4.78, 5) is 19.7. The Morgan fingerprint density at radius 1 is 1.21 bits per heavy atom. The zero-order chi connectivity index (χ0) is 22.9. The van der Waals surface area contributed by atoms with E-state index in [9.17, 15) is 4.79 Å². The van der Waals surface area contributed by atoms with Gasteiger partial charge in [-0.25, -0.2) is 9.50 Å². The van der Waals surface area contributed by atoms with Crippen molar-refractivity contribution in [2.24, 2.45) is 0 Å². The van der Waals surface area contributed by atoms with E-state index >= 15 is 0 Å². The van der Waals surface area contributed by atoms with Crippen LogP contribution < -0.4 is 10.2 Å². The van der Waals surface area contributed by atoms with Crippen molar-refractivity contribution in [2.45, 2.75) is 20.4 Å². The quantitative estimate of drug-likeness (QED) is 0.412. The van der Waals surface area contributed by atoms with E-state index in [1.165, 1.54) is 5.56 Å². The molecule has 0 bridgehead atoms. The van der Waals surface area contributed by atoms with E-state index in [4.69, 9.17) is 9.51 Å². The number of rotatable bonds is 6. The van der Waals surface area contributed by atoms with Gasteiger partial charge in [0.05, 0.1) is 11.9 Å². The van der Waals surface area contributed by atoms with E-state index < -0.39 is 0 Å². The van der Waals surface area contributed by atoms with E-state index in [2.05, 4.69) is 42.8 Å². The molecule has 5 rings (SSSR count). The summed E-state index contributed by atoms with van der Waals surface area (Å²) in [5.74, 6) is 0.916. The Morgan fingerprint density at radius 2 is 2.03 bits per heavy atom. The fourth-order valence-corrected chi connectivity index (χ4v) is 3.64. The van der Waals surface area contributed by atoms with Gasteiger partial charge in [-0.3, -0.25) is 9.89 Å². The van der Waals surface area contributed by atoms with Gasteiger partial charge in [0, 0.05) is 37.5 Å². The van der Waals surface area contributed by atoms with Gasteiger partial charge in [0.25, 0.3) is 5.91 Å². The molecule has 10 nitrogen and oxygen atoms in total. The molecule has 4 heterocycles. The van der Waals surface area contributed by atoms with E-state index in [1.54, 1.807) is 36.8 Å². The Bertz CT molecular complexity index is 1400. The molecule has 1 amide bonds. The number of aromatic nitrogens is 6. The Kier molecular flexibility index (Phi) is 5.09. The number of benzene rings is 1. The summed E-state index contributed by atoms with van der Waals surface area (Å²) in [6.45, 7) is 4.19. The molecule has 4 aromatic heterocycles. The summed E-state index contributed by atoms with van der Waals surface area (Å²) in [5.41, 5.74) is 4.69. The Morgan fingerprint density at radius 3 is 2.73 bits per heavy atom. The highest BCUT2D eigenvalue weighted by molar-refractivity contribution is 6.04. The number of anilines is 2. The van der Waals surface area contributed by atoms with Crippen molar-refractivity contribution in [3.8, 4) is 11.3 Å². The van der Waals surface area contributed by atoms with Gasteiger partial charge in [0.15, 0.2) is 17.1 Å². The summed E-state index contributed by atoms with van der Waals surface area (Å²) in [7, 11) is 1.98. The Labute approximate surface area is 189 Å². The van der Waals surface area contributed by atoms with E-state index in [1.807, 2.05) is 31.3 Å². The molecule has 0 aliphatic rings. The zero-order valence-electron chi connectivity index (χ0n) is 18.4. The van der Waals surface area contributed by atoms with Crippen LogP contribution in [-0.4, -0.2) is 42.9 Å². The topological polar surface area (TPSA) is 117 Å². The van der Waals surface area contributed by atoms with Gasteiger partial charge in [-0.2, -0.15) is 10.2 Å². The molecule has 5 aromatic rings. The molecule has 0 aliphatic heterocycles. The maximum atomic E-state index is 12.9. The summed E-state index contributed by atoms with van der Waals surface area (Å²) in [6, 6.07) is 13.8. The molecule has 0 saturated heterocycles. The van der Waals surface area contributed by atoms with E-state index in [0.29, 0.717) is 29.3 Å². The van der Waals surface area contributed by atoms with Crippen LogP contribution >= 0.6 is 0 Å². The van der Waals surface area contributed by atoms with Crippen LogP contribution in [0.15, 0.2) is 59.4 Å². The molecule has 1 aromatic carbocycles. The van der Waals surface area contributed by atoms with Gasteiger partial charge in [0.2, 0.25) is 0 Å². The highest BCUT2D eigenvalue weighted by Gasteiger charge is 2.20. The minimum absolute atomic E-state index is 0.232. The van der Waals surface area contributed by atoms with Crippen LogP contribution in [0.1, 0.15) is 27.5 Å². The molecular formula is C23H22N8O2. The molecule has 33 heavy (non-hydrogen) atoms. The number of hydrogen-bond donors (Lipinski definition) is 2. The second-order valence-electron chi connectivity index (χ2n) is 7.78. The number of aromatic amines is 1. The number of fused-ring (bicyclic) bond motifs is 1. The minimum Gasteiger partial charge on any atom is -0.359 e. The van der Waals surface area contributed by atoms with Crippen molar-refractivity contribution < 1.29 is 9.32 Å². The van der Waals surface area contributed by atoms with Crippen LogP contribution in [0.25, 0.3) is 16.9 Å². The van der Waals surface area contributed by atoms with Crippen molar-refractivity contribution in [1.82, 2.24) is 30.0 Å². The number of nitrogens with zero attached hydrogens (tertiary/aromatic N) is 6. The molecule has 2 N–H and O–H groups in total. The lowest BCUT2D eigenvalue weighted by Crippen LogP contribution is -2.18. The Hall–Kier alpha value is -4.47. The molecule has 0 fully saturated rings. The fraction of sp³-hybridized carbons (Fsp3) is 0.174. The second-order valence-corrected chi connectivity index (χ2v) is 7.78. The van der Waals surface area contributed by atoms with Gasteiger partial charge in [-0.1, -0.05) is 35.5 Å². The van der Waals surface area contributed by atoms with Gasteiger partial charge < -0.3 is 14.7 Å². The smallest absolute Gasteiger partial charge is 0.276 e. The predicted molar refractivity (Wildman–Crippen MR) is 123 cm³/mol. The average Bonchev–Trinajstić information content (AvgIpc) is 3.56. The maximum absolute atomic E-state index is 12.9. The van der Waals surface area contributed by atoms with Crippen LogP contribution in [0.3, 0.4) is 0 Å². The monoisotopic (exact) mass is 442 g/mol. The lowest BCUT2D eigenvalue weighted by atomic mass is 10.2. The number of H-pyrrole nitrogens is 1. The highest BCUT2D eigenvalue weighted by Crippen LogP contribution is 2.26. The first-order valence-electron chi connectivity index (χ1n) is 10.4. The third kappa shape index (κ3) is 3.93. The summed E-state index contributed by atoms with van der Waals surface area (Å²) >= 11 is 0. The molecule has 0 atom stereocenters. The number of amides is 1. The average molecular weight is 442 g/mol. The van der Waals surface area contributed by atoms with Crippen molar-refractivity contribution in [3.63, 3.8) is 0 Å². The normalized spacial score (nSPS) is 11.1. The van der Waals surface area contributed by atoms with Gasteiger partial charge in [-0.05, 0) is 19.4 Å². The van der Waals surface area contributed by atoms with Crippen LogP contribution in [0.2, 0.25) is 0 Å². The van der Waals surface area contributed by atoms with Crippen molar-refractivity contribution in [1.29, 1.82) is 0 Å². The molecule has 166 valence electrons. The second kappa shape index (κ2) is 8.23. The largest absolute Gasteiger partial charge is 0.359 e. The van der Waals surface area contributed by atoms with Gasteiger partial charge in [-0.15, -0.1) is 0 Å². The van der Waals surface area contributed by atoms with Gasteiger partial charge >= 0.3 is 0 Å². The Balaban J connectivity index is 1.54. The van der Waals surface area contributed by atoms with Crippen LogP contribution in [0.5, 0.6) is 0 Å². The number of aryl methyl sites for hydroxylation is 2. The zero-order valence-corrected chi connectivity index (χ0v) is 18.4. The first-order chi connectivity index (χ1) is 16.0. The van der Waals surface area contributed by atoms with Crippen molar-refractivity contribution >= 4 is 23.1 Å². The maximum Gasteiger partial charge on any atom is 0.276 e. The third-order valence-electron chi connectivity index (χ3n) is 5.37. The highest BCUT2D eigenvalue weighted by atomic mass is 16.5. The third-order valence-corrected chi connectivity index (χ3v) is 5.37. The van der Waals surface area contributed by atoms with Crippen molar-refractivity contribution in [2.75, 3.05) is 17.3 Å². The first-order valence-corrected chi connectivity index (χ1v) is 10.4. The molecular weight excluding hydrogens is 420 g/mol. The van der Waals surface area contributed by atoms with E-state index in [-0.39, 0.29) is 11.6 Å². The standard InChI is InChI=1S/C23H22N8O2/c1-14-22(15(2)33-29-14)27-23(32)18-9-21-26-20(30(3)13-16-7-5-4-6-8-16)10-19(31(21)28-18)17-11-24-25-12-17/h4-12H,13H2,1-3H3,(H,24,25)(H,27,32). The molecule has 0 spiro atoms. The lowest BCUT2D eigenvalue weighted by Gasteiger charge is -2.19. The number of carbonyl (C=O) groups excluding carboxylic acids is 1. The predicted octanol–water partition coefficient (Wildman–Crippen LogP) is 3.61. The number of hydrogen-bond acceptors (Lipinski definition) is 7. The van der Waals surface area contributed by atoms with Crippen LogP contribution in [0, 0.1) is 13.8 Å². The van der Waals surface area contributed by atoms with Crippen LogP contribution in [-0.2, 0) is 6.54 Å². The van der Waals surface area contributed by atoms with Crippen LogP contribution in [0.4, 0.5) is 11.5 Å². The molecule has 10 heteroatoms. The first kappa shape index (κ1) is 20.4.